The van der Waals surface area contributed by atoms with Crippen molar-refractivity contribution in [3.05, 3.63) is 65.1 Å². The van der Waals surface area contributed by atoms with E-state index in [1.54, 1.807) is 23.0 Å². The van der Waals surface area contributed by atoms with E-state index >= 15 is 0 Å². The molecular weight excluding hydrogens is 365 g/mol. The lowest BCUT2D eigenvalue weighted by atomic mass is 10.2. The molecule has 8 nitrogen and oxygen atoms in total. The van der Waals surface area contributed by atoms with Gasteiger partial charge in [0.05, 0.1) is 24.1 Å². The number of halogens is 1. The van der Waals surface area contributed by atoms with Gasteiger partial charge in [0.15, 0.2) is 0 Å². The average Bonchev–Trinajstić information content (AvgIpc) is 3.32. The molecule has 0 unspecified atom stereocenters. The molecule has 2 aromatic heterocycles. The summed E-state index contributed by atoms with van der Waals surface area (Å²) in [4.78, 5) is 27.7. The molecule has 1 saturated heterocycles. The number of carbonyl (C=O) groups excluding carboxylic acids is 2. The van der Waals surface area contributed by atoms with E-state index in [-0.39, 0.29) is 24.8 Å². The lowest BCUT2D eigenvalue weighted by molar-refractivity contribution is -0.116. The maximum absolute atomic E-state index is 13.0. The summed E-state index contributed by atoms with van der Waals surface area (Å²) >= 11 is 0. The molecule has 3 aromatic rings. The zero-order valence-corrected chi connectivity index (χ0v) is 15.4. The number of anilines is 1. The van der Waals surface area contributed by atoms with Crippen molar-refractivity contribution in [1.82, 2.24) is 19.8 Å². The average molecular weight is 383 g/mol. The number of urea groups is 1. The van der Waals surface area contributed by atoms with Gasteiger partial charge < -0.3 is 9.42 Å². The molecule has 0 N–H and O–H groups in total. The fraction of sp³-hybridized carbons (Fsp3) is 0.263. The van der Waals surface area contributed by atoms with Crippen molar-refractivity contribution < 1.29 is 18.5 Å². The number of rotatable bonds is 5. The Morgan fingerprint density at radius 3 is 2.57 bits per heavy atom. The van der Waals surface area contributed by atoms with Crippen molar-refractivity contribution in [2.24, 2.45) is 0 Å². The molecule has 144 valence electrons. The third-order valence-electron chi connectivity index (χ3n) is 4.70. The van der Waals surface area contributed by atoms with Gasteiger partial charge in [-0.1, -0.05) is 17.3 Å². The predicted octanol–water partition coefficient (Wildman–Crippen LogP) is 2.64. The molecule has 0 saturated carbocycles. The van der Waals surface area contributed by atoms with E-state index < -0.39 is 6.03 Å². The first kappa shape index (κ1) is 17.9. The molecule has 0 aliphatic carbocycles. The van der Waals surface area contributed by atoms with Crippen molar-refractivity contribution in [2.75, 3.05) is 11.4 Å². The fourth-order valence-electron chi connectivity index (χ4n) is 3.18. The lowest BCUT2D eigenvalue weighted by Gasteiger charge is -2.16. The van der Waals surface area contributed by atoms with Crippen LogP contribution in [0.25, 0.3) is 0 Å². The van der Waals surface area contributed by atoms with Gasteiger partial charge in [-0.3, -0.25) is 9.48 Å². The summed E-state index contributed by atoms with van der Waals surface area (Å²) in [5, 5.41) is 8.16. The van der Waals surface area contributed by atoms with Crippen LogP contribution in [0, 0.1) is 19.7 Å². The van der Waals surface area contributed by atoms with Crippen LogP contribution in [0.1, 0.15) is 22.6 Å². The molecule has 1 aromatic carbocycles. The van der Waals surface area contributed by atoms with Crippen LogP contribution in [-0.4, -0.2) is 38.3 Å². The van der Waals surface area contributed by atoms with Crippen LogP contribution in [0.2, 0.25) is 0 Å². The summed E-state index contributed by atoms with van der Waals surface area (Å²) in [7, 11) is 0. The van der Waals surface area contributed by atoms with Gasteiger partial charge in [0, 0.05) is 18.3 Å². The van der Waals surface area contributed by atoms with Gasteiger partial charge in [-0.2, -0.15) is 5.10 Å². The van der Waals surface area contributed by atoms with E-state index in [0.717, 1.165) is 21.7 Å². The number of imide groups is 1. The van der Waals surface area contributed by atoms with Crippen LogP contribution < -0.4 is 4.90 Å². The van der Waals surface area contributed by atoms with Crippen molar-refractivity contribution in [3.63, 3.8) is 0 Å². The van der Waals surface area contributed by atoms with Crippen LogP contribution in [0.4, 0.5) is 14.9 Å². The Balaban J connectivity index is 1.50. The van der Waals surface area contributed by atoms with Crippen molar-refractivity contribution >= 4 is 17.6 Å². The number of amides is 3. The maximum Gasteiger partial charge on any atom is 0.332 e. The third kappa shape index (κ3) is 3.26. The highest BCUT2D eigenvalue weighted by atomic mass is 19.1. The summed E-state index contributed by atoms with van der Waals surface area (Å²) in [5.41, 5.74) is 2.84. The van der Waals surface area contributed by atoms with Gasteiger partial charge in [0.1, 0.15) is 18.1 Å². The molecule has 9 heteroatoms. The molecular formula is C19H18FN5O3. The molecule has 28 heavy (non-hydrogen) atoms. The predicted molar refractivity (Wildman–Crippen MR) is 97.0 cm³/mol. The fourth-order valence-corrected chi connectivity index (χ4v) is 3.18. The highest BCUT2D eigenvalue weighted by Crippen LogP contribution is 2.23. The largest absolute Gasteiger partial charge is 0.361 e. The van der Waals surface area contributed by atoms with E-state index in [9.17, 15) is 14.0 Å². The SMILES string of the molecule is Cc1noc(C)c1Cn1cc(N2C(=O)CN(Cc3ccc(F)cc3)C2=O)cn1. The standard InChI is InChI=1S/C19H18FN5O3/c1-12-17(13(2)28-22-12)10-24-9-16(7-21-24)25-18(26)11-23(19(25)27)8-14-3-5-15(20)6-4-14/h3-7,9H,8,10-11H2,1-2H3. The van der Waals surface area contributed by atoms with Gasteiger partial charge in [-0.25, -0.2) is 14.1 Å². The topological polar surface area (TPSA) is 84.5 Å². The van der Waals surface area contributed by atoms with E-state index in [1.807, 2.05) is 13.8 Å². The molecule has 3 amide bonds. The zero-order chi connectivity index (χ0) is 19.8. The van der Waals surface area contributed by atoms with E-state index in [4.69, 9.17) is 4.52 Å². The number of aromatic nitrogens is 3. The molecule has 0 radical (unpaired) electrons. The van der Waals surface area contributed by atoms with Crippen LogP contribution in [0.15, 0.2) is 41.2 Å². The minimum absolute atomic E-state index is 0.0365. The molecule has 1 fully saturated rings. The Hall–Kier alpha value is -3.49. The first-order valence-corrected chi connectivity index (χ1v) is 8.73. The first-order chi connectivity index (χ1) is 13.4. The Bertz CT molecular complexity index is 1020. The minimum Gasteiger partial charge on any atom is -0.361 e. The quantitative estimate of drug-likeness (QED) is 0.633. The second-order valence-electron chi connectivity index (χ2n) is 6.69. The zero-order valence-electron chi connectivity index (χ0n) is 15.4. The van der Waals surface area contributed by atoms with E-state index in [2.05, 4.69) is 10.3 Å². The summed E-state index contributed by atoms with van der Waals surface area (Å²) in [5.74, 6) is 0.0252. The van der Waals surface area contributed by atoms with Crippen LogP contribution in [0.3, 0.4) is 0 Å². The monoisotopic (exact) mass is 383 g/mol. The number of hydrogen-bond donors (Lipinski definition) is 0. The molecule has 1 aliphatic heterocycles. The molecule has 0 spiro atoms. The first-order valence-electron chi connectivity index (χ1n) is 8.73. The maximum atomic E-state index is 13.0. The second kappa shape index (κ2) is 6.91. The molecule has 0 bridgehead atoms. The number of aryl methyl sites for hydroxylation is 2. The Kier molecular flexibility index (Phi) is 4.42. The number of benzene rings is 1. The van der Waals surface area contributed by atoms with Crippen LogP contribution >= 0.6 is 0 Å². The minimum atomic E-state index is -0.425. The Morgan fingerprint density at radius 2 is 1.89 bits per heavy atom. The molecule has 3 heterocycles. The number of hydrogen-bond acceptors (Lipinski definition) is 5. The number of carbonyl (C=O) groups is 2. The number of nitrogens with zero attached hydrogens (tertiary/aromatic N) is 5. The van der Waals surface area contributed by atoms with Gasteiger partial charge in [-0.05, 0) is 31.5 Å². The van der Waals surface area contributed by atoms with Crippen molar-refractivity contribution in [3.8, 4) is 0 Å². The molecule has 0 atom stereocenters. The highest BCUT2D eigenvalue weighted by molar-refractivity contribution is 6.19. The van der Waals surface area contributed by atoms with Gasteiger partial charge in [-0.15, -0.1) is 0 Å². The smallest absolute Gasteiger partial charge is 0.332 e. The van der Waals surface area contributed by atoms with Crippen molar-refractivity contribution in [2.45, 2.75) is 26.9 Å². The summed E-state index contributed by atoms with van der Waals surface area (Å²) < 4.78 is 19.8. The summed E-state index contributed by atoms with van der Waals surface area (Å²) in [6, 6.07) is 5.42. The van der Waals surface area contributed by atoms with Crippen LogP contribution in [-0.2, 0) is 17.9 Å². The van der Waals surface area contributed by atoms with Crippen molar-refractivity contribution in [1.29, 1.82) is 0 Å². The third-order valence-corrected chi connectivity index (χ3v) is 4.70. The molecule has 1 aliphatic rings. The highest BCUT2D eigenvalue weighted by Gasteiger charge is 2.37. The summed E-state index contributed by atoms with van der Waals surface area (Å²) in [6.45, 7) is 4.29. The second-order valence-corrected chi connectivity index (χ2v) is 6.69. The van der Waals surface area contributed by atoms with E-state index in [1.165, 1.54) is 23.2 Å². The lowest BCUT2D eigenvalue weighted by Crippen LogP contribution is -2.32. The molecule has 4 rings (SSSR count). The van der Waals surface area contributed by atoms with Crippen LogP contribution in [0.5, 0.6) is 0 Å². The Labute approximate surface area is 160 Å². The normalized spacial score (nSPS) is 14.4. The van der Waals surface area contributed by atoms with Gasteiger partial charge >= 0.3 is 6.03 Å². The summed E-state index contributed by atoms with van der Waals surface area (Å²) in [6.07, 6.45) is 3.12. The van der Waals surface area contributed by atoms with E-state index in [0.29, 0.717) is 18.0 Å². The van der Waals surface area contributed by atoms with Gasteiger partial charge in [0.2, 0.25) is 0 Å². The van der Waals surface area contributed by atoms with Gasteiger partial charge in [0.25, 0.3) is 5.91 Å². The Morgan fingerprint density at radius 1 is 1.14 bits per heavy atom.